The summed E-state index contributed by atoms with van der Waals surface area (Å²) in [5.41, 5.74) is 0.676. The molecule has 2 aromatic carbocycles. The van der Waals surface area contributed by atoms with E-state index >= 15 is 0 Å². The third kappa shape index (κ3) is 4.32. The minimum Gasteiger partial charge on any atom is -0.492 e. The van der Waals surface area contributed by atoms with Gasteiger partial charge in [-0.15, -0.1) is 0 Å². The predicted octanol–water partition coefficient (Wildman–Crippen LogP) is 4.32. The van der Waals surface area contributed by atoms with Crippen molar-refractivity contribution in [1.82, 2.24) is 5.32 Å². The molecule has 0 aromatic heterocycles. The van der Waals surface area contributed by atoms with Crippen LogP contribution in [0.4, 0.5) is 4.39 Å². The van der Waals surface area contributed by atoms with Gasteiger partial charge in [0, 0.05) is 22.6 Å². The van der Waals surface area contributed by atoms with E-state index in [1.165, 1.54) is 6.07 Å². The molecule has 1 N–H and O–H groups in total. The summed E-state index contributed by atoms with van der Waals surface area (Å²) in [7, 11) is 0. The van der Waals surface area contributed by atoms with Gasteiger partial charge in [-0.1, -0.05) is 40.2 Å². The fraction of sp³-hybridized carbons (Fsp3) is 0.250. The Balaban J connectivity index is 1.77. The first-order chi connectivity index (χ1) is 9.66. The van der Waals surface area contributed by atoms with Gasteiger partial charge in [-0.25, -0.2) is 4.39 Å². The fourth-order valence-electron chi connectivity index (χ4n) is 1.94. The van der Waals surface area contributed by atoms with Crippen LogP contribution in [0.25, 0.3) is 0 Å². The lowest BCUT2D eigenvalue weighted by Gasteiger charge is -2.15. The maximum absolute atomic E-state index is 13.6. The Bertz CT molecular complexity index is 562. The van der Waals surface area contributed by atoms with Crippen LogP contribution in [0.3, 0.4) is 0 Å². The monoisotopic (exact) mass is 337 g/mol. The van der Waals surface area contributed by atoms with Crippen LogP contribution in [0.2, 0.25) is 0 Å². The zero-order chi connectivity index (χ0) is 14.4. The van der Waals surface area contributed by atoms with E-state index in [0.717, 1.165) is 10.2 Å². The van der Waals surface area contributed by atoms with Crippen molar-refractivity contribution in [3.05, 3.63) is 64.4 Å². The molecule has 0 bridgehead atoms. The summed E-state index contributed by atoms with van der Waals surface area (Å²) < 4.78 is 20.2. The van der Waals surface area contributed by atoms with Crippen molar-refractivity contribution >= 4 is 15.9 Å². The first-order valence-electron chi connectivity index (χ1n) is 6.53. The van der Waals surface area contributed by atoms with Gasteiger partial charge in [0.05, 0.1) is 0 Å². The first-order valence-corrected chi connectivity index (χ1v) is 7.32. The summed E-state index contributed by atoms with van der Waals surface area (Å²) in [5, 5.41) is 3.25. The van der Waals surface area contributed by atoms with Crippen molar-refractivity contribution in [3.8, 4) is 5.75 Å². The lowest BCUT2D eigenvalue weighted by molar-refractivity contribution is 0.306. The van der Waals surface area contributed by atoms with Crippen molar-refractivity contribution < 1.29 is 9.13 Å². The fourth-order valence-corrected chi connectivity index (χ4v) is 2.32. The largest absolute Gasteiger partial charge is 0.492 e. The molecule has 2 nitrogen and oxygen atoms in total. The van der Waals surface area contributed by atoms with Crippen LogP contribution in [-0.4, -0.2) is 13.2 Å². The van der Waals surface area contributed by atoms with Crippen molar-refractivity contribution in [2.24, 2.45) is 0 Å². The minimum atomic E-state index is -0.180. The molecule has 0 aliphatic heterocycles. The van der Waals surface area contributed by atoms with Gasteiger partial charge >= 0.3 is 0 Å². The molecular weight excluding hydrogens is 321 g/mol. The van der Waals surface area contributed by atoms with Crippen LogP contribution in [0.15, 0.2) is 53.0 Å². The van der Waals surface area contributed by atoms with Gasteiger partial charge in [0.2, 0.25) is 0 Å². The highest BCUT2D eigenvalue weighted by Gasteiger charge is 2.08. The summed E-state index contributed by atoms with van der Waals surface area (Å²) in [6.45, 7) is 3.13. The Kier molecular flexibility index (Phi) is 5.56. The zero-order valence-corrected chi connectivity index (χ0v) is 12.9. The number of benzene rings is 2. The molecule has 0 amide bonds. The van der Waals surface area contributed by atoms with Crippen molar-refractivity contribution in [1.29, 1.82) is 0 Å². The van der Waals surface area contributed by atoms with Crippen molar-refractivity contribution in [2.75, 3.05) is 13.2 Å². The Morgan fingerprint density at radius 3 is 2.75 bits per heavy atom. The second-order valence-electron chi connectivity index (χ2n) is 4.50. The third-order valence-corrected chi connectivity index (χ3v) is 3.48. The molecule has 0 saturated heterocycles. The van der Waals surface area contributed by atoms with Gasteiger partial charge in [0.25, 0.3) is 0 Å². The Hall–Kier alpha value is -1.39. The van der Waals surface area contributed by atoms with E-state index in [0.29, 0.717) is 18.7 Å². The third-order valence-electron chi connectivity index (χ3n) is 2.99. The quantitative estimate of drug-likeness (QED) is 0.792. The Labute approximate surface area is 127 Å². The molecule has 4 heteroatoms. The molecule has 2 aromatic rings. The van der Waals surface area contributed by atoms with Gasteiger partial charge in [0.15, 0.2) is 0 Å². The summed E-state index contributed by atoms with van der Waals surface area (Å²) in [6.07, 6.45) is 0. The number of ether oxygens (including phenoxy) is 1. The number of hydrogen-bond donors (Lipinski definition) is 1. The molecule has 20 heavy (non-hydrogen) atoms. The standard InChI is InChI=1S/C16H17BrFNO/c1-12(15-7-2-3-8-16(15)18)19-9-10-20-14-6-4-5-13(17)11-14/h2-8,11-12,19H,9-10H2,1H3. The maximum Gasteiger partial charge on any atom is 0.127 e. The van der Waals surface area contributed by atoms with Gasteiger partial charge in [0.1, 0.15) is 18.2 Å². The van der Waals surface area contributed by atoms with Crippen LogP contribution in [0.5, 0.6) is 5.75 Å². The average Bonchev–Trinajstić information content (AvgIpc) is 2.44. The topological polar surface area (TPSA) is 21.3 Å². The van der Waals surface area contributed by atoms with Gasteiger partial charge in [-0.2, -0.15) is 0 Å². The maximum atomic E-state index is 13.6. The van der Waals surface area contributed by atoms with Crippen LogP contribution in [0, 0.1) is 5.82 Å². The molecule has 1 unspecified atom stereocenters. The summed E-state index contributed by atoms with van der Waals surface area (Å²) in [5.74, 6) is 0.639. The highest BCUT2D eigenvalue weighted by Crippen LogP contribution is 2.18. The SMILES string of the molecule is CC(NCCOc1cccc(Br)c1)c1ccccc1F. The molecule has 0 aliphatic carbocycles. The summed E-state index contributed by atoms with van der Waals surface area (Å²) in [4.78, 5) is 0. The van der Waals surface area contributed by atoms with E-state index in [1.54, 1.807) is 12.1 Å². The van der Waals surface area contributed by atoms with E-state index < -0.39 is 0 Å². The second-order valence-corrected chi connectivity index (χ2v) is 5.42. The lowest BCUT2D eigenvalue weighted by atomic mass is 10.1. The molecule has 0 fully saturated rings. The van der Waals surface area contributed by atoms with Crippen molar-refractivity contribution in [3.63, 3.8) is 0 Å². The van der Waals surface area contributed by atoms with Crippen LogP contribution in [-0.2, 0) is 0 Å². The molecule has 0 saturated carbocycles. The molecule has 0 radical (unpaired) electrons. The van der Waals surface area contributed by atoms with Gasteiger partial charge in [-0.05, 0) is 31.2 Å². The summed E-state index contributed by atoms with van der Waals surface area (Å²) in [6, 6.07) is 14.5. The van der Waals surface area contributed by atoms with Crippen molar-refractivity contribution in [2.45, 2.75) is 13.0 Å². The molecule has 0 heterocycles. The Morgan fingerprint density at radius 2 is 2.00 bits per heavy atom. The van der Waals surface area contributed by atoms with Gasteiger partial charge < -0.3 is 10.1 Å². The number of hydrogen-bond acceptors (Lipinski definition) is 2. The van der Waals surface area contributed by atoms with E-state index in [4.69, 9.17) is 4.74 Å². The van der Waals surface area contributed by atoms with Gasteiger partial charge in [-0.3, -0.25) is 0 Å². The van der Waals surface area contributed by atoms with Crippen LogP contribution in [0.1, 0.15) is 18.5 Å². The second kappa shape index (κ2) is 7.41. The minimum absolute atomic E-state index is 0.0395. The molecule has 1 atom stereocenters. The highest BCUT2D eigenvalue weighted by atomic mass is 79.9. The van der Waals surface area contributed by atoms with E-state index in [9.17, 15) is 4.39 Å². The van der Waals surface area contributed by atoms with E-state index in [2.05, 4.69) is 21.2 Å². The number of halogens is 2. The zero-order valence-electron chi connectivity index (χ0n) is 11.3. The lowest BCUT2D eigenvalue weighted by Crippen LogP contribution is -2.25. The smallest absolute Gasteiger partial charge is 0.127 e. The molecule has 0 aliphatic rings. The van der Waals surface area contributed by atoms with Crippen LogP contribution < -0.4 is 10.1 Å². The number of nitrogens with one attached hydrogen (secondary N) is 1. The predicted molar refractivity (Wildman–Crippen MR) is 82.5 cm³/mol. The van der Waals surface area contributed by atoms with E-state index in [1.807, 2.05) is 37.3 Å². The highest BCUT2D eigenvalue weighted by molar-refractivity contribution is 9.10. The molecule has 106 valence electrons. The summed E-state index contributed by atoms with van der Waals surface area (Å²) >= 11 is 3.40. The molecule has 2 rings (SSSR count). The van der Waals surface area contributed by atoms with E-state index in [-0.39, 0.29) is 11.9 Å². The first kappa shape index (κ1) is 15.0. The normalized spacial score (nSPS) is 12.2. The Morgan fingerprint density at radius 1 is 1.20 bits per heavy atom. The molecular formula is C16H17BrFNO. The average molecular weight is 338 g/mol. The number of rotatable bonds is 6. The van der Waals surface area contributed by atoms with Crippen LogP contribution >= 0.6 is 15.9 Å². The molecule has 0 spiro atoms.